The summed E-state index contributed by atoms with van der Waals surface area (Å²) in [4.78, 5) is 2.42. The minimum Gasteiger partial charge on any atom is -0.388 e. The highest BCUT2D eigenvalue weighted by Gasteiger charge is 2.08. The van der Waals surface area contributed by atoms with Crippen molar-refractivity contribution in [3.05, 3.63) is 44.8 Å². The summed E-state index contributed by atoms with van der Waals surface area (Å²) in [7, 11) is 0. The van der Waals surface area contributed by atoms with E-state index < -0.39 is 0 Å². The van der Waals surface area contributed by atoms with Crippen LogP contribution in [-0.2, 0) is 6.42 Å². The Morgan fingerprint density at radius 3 is 2.57 bits per heavy atom. The Kier molecular flexibility index (Phi) is 3.35. The first-order valence-corrected chi connectivity index (χ1v) is 6.36. The van der Waals surface area contributed by atoms with Gasteiger partial charge in [-0.05, 0) is 35.7 Å². The van der Waals surface area contributed by atoms with Crippen molar-refractivity contribution in [1.29, 1.82) is 0 Å². The van der Waals surface area contributed by atoms with Crippen molar-refractivity contribution in [2.24, 2.45) is 0 Å². The van der Waals surface area contributed by atoms with Gasteiger partial charge in [-0.3, -0.25) is 0 Å². The molecule has 0 unspecified atom stereocenters. The van der Waals surface area contributed by atoms with Crippen molar-refractivity contribution in [2.75, 3.05) is 0 Å². The first-order valence-electron chi connectivity index (χ1n) is 4.60. The van der Waals surface area contributed by atoms with Crippen LogP contribution in [0.15, 0.2) is 35.0 Å². The molecule has 3 heteroatoms. The fourth-order valence-corrected chi connectivity index (χ4v) is 2.83. The van der Waals surface area contributed by atoms with E-state index in [1.54, 1.807) is 22.7 Å². The maximum absolute atomic E-state index is 9.82. The zero-order chi connectivity index (χ0) is 9.80. The van der Waals surface area contributed by atoms with Crippen LogP contribution in [0, 0.1) is 0 Å². The van der Waals surface area contributed by atoms with Gasteiger partial charge >= 0.3 is 0 Å². The van der Waals surface area contributed by atoms with E-state index in [1.807, 2.05) is 17.5 Å². The van der Waals surface area contributed by atoms with Gasteiger partial charge in [-0.25, -0.2) is 0 Å². The first kappa shape index (κ1) is 9.90. The third-order valence-electron chi connectivity index (χ3n) is 2.12. The molecule has 0 saturated heterocycles. The molecule has 0 bridgehead atoms. The fraction of sp³-hybridized carbons (Fsp3) is 0.273. The predicted octanol–water partition coefficient (Wildman–Crippen LogP) is 3.48. The van der Waals surface area contributed by atoms with Gasteiger partial charge < -0.3 is 5.11 Å². The Morgan fingerprint density at radius 1 is 1.14 bits per heavy atom. The smallest absolute Gasteiger partial charge is 0.0885 e. The van der Waals surface area contributed by atoms with E-state index in [-0.39, 0.29) is 6.10 Å². The zero-order valence-corrected chi connectivity index (χ0v) is 9.35. The summed E-state index contributed by atoms with van der Waals surface area (Å²) in [5.74, 6) is 0. The molecule has 0 radical (unpaired) electrons. The average molecular weight is 224 g/mol. The van der Waals surface area contributed by atoms with Crippen molar-refractivity contribution >= 4 is 22.7 Å². The van der Waals surface area contributed by atoms with Gasteiger partial charge in [0.25, 0.3) is 0 Å². The number of rotatable bonds is 4. The Balaban J connectivity index is 1.87. The lowest BCUT2D eigenvalue weighted by Crippen LogP contribution is -1.95. The Labute approximate surface area is 91.7 Å². The van der Waals surface area contributed by atoms with Crippen molar-refractivity contribution < 1.29 is 5.11 Å². The molecule has 2 heterocycles. The summed E-state index contributed by atoms with van der Waals surface area (Å²) in [6.45, 7) is 0. The summed E-state index contributed by atoms with van der Waals surface area (Å²) in [5, 5.41) is 13.9. The maximum atomic E-state index is 9.82. The monoisotopic (exact) mass is 224 g/mol. The molecule has 2 aromatic heterocycles. The van der Waals surface area contributed by atoms with Crippen LogP contribution in [0.1, 0.15) is 22.3 Å². The molecule has 0 aromatic carbocycles. The molecule has 1 atom stereocenters. The Morgan fingerprint density at radius 2 is 1.93 bits per heavy atom. The van der Waals surface area contributed by atoms with E-state index in [0.29, 0.717) is 0 Å². The highest BCUT2D eigenvalue weighted by Crippen LogP contribution is 2.24. The van der Waals surface area contributed by atoms with Crippen LogP contribution >= 0.6 is 22.7 Å². The second-order valence-corrected chi connectivity index (χ2v) is 5.16. The van der Waals surface area contributed by atoms with Gasteiger partial charge in [-0.15, -0.1) is 22.7 Å². The quantitative estimate of drug-likeness (QED) is 0.843. The molecule has 0 amide bonds. The second kappa shape index (κ2) is 4.73. The standard InChI is InChI=1S/C11H12OS2/c12-10(11-4-2-8-14-11)6-5-9-3-1-7-13-9/h1-4,7-8,10,12H,5-6H2/t10-/m0/s1. The SMILES string of the molecule is O[C@@H](CCc1cccs1)c1cccs1. The molecule has 2 aromatic rings. The molecule has 0 fully saturated rings. The molecule has 0 aliphatic heterocycles. The van der Waals surface area contributed by atoms with Crippen LogP contribution in [0.25, 0.3) is 0 Å². The number of hydrogen-bond acceptors (Lipinski definition) is 3. The normalized spacial score (nSPS) is 12.9. The van der Waals surface area contributed by atoms with E-state index in [2.05, 4.69) is 17.5 Å². The topological polar surface area (TPSA) is 20.2 Å². The van der Waals surface area contributed by atoms with Crippen molar-refractivity contribution in [2.45, 2.75) is 18.9 Å². The number of hydrogen-bond donors (Lipinski definition) is 1. The van der Waals surface area contributed by atoms with Crippen molar-refractivity contribution in [3.63, 3.8) is 0 Å². The molecule has 0 aliphatic carbocycles. The van der Waals surface area contributed by atoms with E-state index in [1.165, 1.54) is 4.88 Å². The second-order valence-electron chi connectivity index (χ2n) is 3.15. The number of aliphatic hydroxyl groups is 1. The third-order valence-corrected chi connectivity index (χ3v) is 4.03. The predicted molar refractivity (Wildman–Crippen MR) is 61.9 cm³/mol. The molecule has 14 heavy (non-hydrogen) atoms. The molecule has 1 nitrogen and oxygen atoms in total. The lowest BCUT2D eigenvalue weighted by atomic mass is 10.1. The third kappa shape index (κ3) is 2.44. The maximum Gasteiger partial charge on any atom is 0.0885 e. The minimum atomic E-state index is -0.294. The molecular formula is C11H12OS2. The molecule has 2 rings (SSSR count). The largest absolute Gasteiger partial charge is 0.388 e. The number of aryl methyl sites for hydroxylation is 1. The summed E-state index contributed by atoms with van der Waals surface area (Å²) in [6, 6.07) is 8.14. The van der Waals surface area contributed by atoms with Crippen molar-refractivity contribution in [1.82, 2.24) is 0 Å². The van der Waals surface area contributed by atoms with Gasteiger partial charge in [-0.1, -0.05) is 12.1 Å². The molecule has 0 spiro atoms. The number of aliphatic hydroxyl groups excluding tert-OH is 1. The summed E-state index contributed by atoms with van der Waals surface area (Å²) >= 11 is 3.38. The minimum absolute atomic E-state index is 0.294. The fourth-order valence-electron chi connectivity index (χ4n) is 1.36. The summed E-state index contributed by atoms with van der Waals surface area (Å²) in [5.41, 5.74) is 0. The van der Waals surface area contributed by atoms with E-state index >= 15 is 0 Å². The Hall–Kier alpha value is -0.640. The van der Waals surface area contributed by atoms with Gasteiger partial charge in [0.05, 0.1) is 6.10 Å². The zero-order valence-electron chi connectivity index (χ0n) is 7.72. The van der Waals surface area contributed by atoms with Crippen LogP contribution in [0.3, 0.4) is 0 Å². The molecular weight excluding hydrogens is 212 g/mol. The van der Waals surface area contributed by atoms with Crippen LogP contribution in [0.2, 0.25) is 0 Å². The van der Waals surface area contributed by atoms with E-state index in [4.69, 9.17) is 0 Å². The van der Waals surface area contributed by atoms with Crippen LogP contribution < -0.4 is 0 Å². The van der Waals surface area contributed by atoms with Gasteiger partial charge in [0, 0.05) is 9.75 Å². The molecule has 0 saturated carbocycles. The molecule has 1 N–H and O–H groups in total. The molecule has 0 aliphatic rings. The lowest BCUT2D eigenvalue weighted by Gasteiger charge is -2.06. The Bertz CT molecular complexity index is 351. The average Bonchev–Trinajstić information content (AvgIpc) is 2.87. The molecule has 74 valence electrons. The number of thiophene rings is 2. The van der Waals surface area contributed by atoms with Crippen LogP contribution in [0.4, 0.5) is 0 Å². The lowest BCUT2D eigenvalue weighted by molar-refractivity contribution is 0.172. The van der Waals surface area contributed by atoms with Crippen LogP contribution in [-0.4, -0.2) is 5.11 Å². The van der Waals surface area contributed by atoms with Gasteiger partial charge in [0.1, 0.15) is 0 Å². The highest BCUT2D eigenvalue weighted by molar-refractivity contribution is 7.10. The van der Waals surface area contributed by atoms with Gasteiger partial charge in [0.2, 0.25) is 0 Å². The van der Waals surface area contributed by atoms with E-state index in [9.17, 15) is 5.11 Å². The summed E-state index contributed by atoms with van der Waals surface area (Å²) in [6.07, 6.45) is 1.50. The van der Waals surface area contributed by atoms with Crippen LogP contribution in [0.5, 0.6) is 0 Å². The highest BCUT2D eigenvalue weighted by atomic mass is 32.1. The first-order chi connectivity index (χ1) is 6.86. The van der Waals surface area contributed by atoms with Gasteiger partial charge in [-0.2, -0.15) is 0 Å². The summed E-state index contributed by atoms with van der Waals surface area (Å²) < 4.78 is 0. The van der Waals surface area contributed by atoms with Gasteiger partial charge in [0.15, 0.2) is 0 Å². The van der Waals surface area contributed by atoms with Crippen molar-refractivity contribution in [3.8, 4) is 0 Å². The van der Waals surface area contributed by atoms with E-state index in [0.717, 1.165) is 17.7 Å².